The molecule has 0 unspecified atom stereocenters. The van der Waals surface area contributed by atoms with Gasteiger partial charge in [0.2, 0.25) is 0 Å². The van der Waals surface area contributed by atoms with Gasteiger partial charge in [-0.1, -0.05) is 17.7 Å². The van der Waals surface area contributed by atoms with Crippen molar-refractivity contribution < 1.29 is 23.4 Å². The largest absolute Gasteiger partial charge is 0.485 e. The van der Waals surface area contributed by atoms with Gasteiger partial charge in [0.05, 0.1) is 17.5 Å². The van der Waals surface area contributed by atoms with E-state index in [9.17, 15) is 23.5 Å². The van der Waals surface area contributed by atoms with E-state index in [2.05, 4.69) is 9.97 Å². The summed E-state index contributed by atoms with van der Waals surface area (Å²) in [6, 6.07) is 3.90. The van der Waals surface area contributed by atoms with Crippen LogP contribution in [0.2, 0.25) is 5.02 Å². The molecule has 3 aromatic rings. The highest BCUT2D eigenvalue weighted by Gasteiger charge is 2.20. The summed E-state index contributed by atoms with van der Waals surface area (Å²) in [7, 11) is 1.71. The van der Waals surface area contributed by atoms with Crippen LogP contribution in [-0.4, -0.2) is 38.6 Å². The Balaban J connectivity index is 1.99. The lowest BCUT2D eigenvalue weighted by molar-refractivity contribution is -0.104. The molecule has 3 aromatic heterocycles. The molecule has 0 aliphatic heterocycles. The van der Waals surface area contributed by atoms with Gasteiger partial charge in [0, 0.05) is 43.3 Å². The van der Waals surface area contributed by atoms with Gasteiger partial charge in [-0.2, -0.15) is 0 Å². The average molecular weight is 545 g/mol. The van der Waals surface area contributed by atoms with E-state index in [1.165, 1.54) is 22.8 Å². The summed E-state index contributed by atoms with van der Waals surface area (Å²) >= 11 is 6.34. The second-order valence-corrected chi connectivity index (χ2v) is 9.43. The highest BCUT2D eigenvalue weighted by molar-refractivity contribution is 6.31. The number of carbonyl (C=O) groups is 1. The molecule has 0 radical (unpaired) electrons. The quantitative estimate of drug-likeness (QED) is 0.239. The Morgan fingerprint density at radius 2 is 1.92 bits per heavy atom. The van der Waals surface area contributed by atoms with Gasteiger partial charge in [-0.15, -0.1) is 0 Å². The first kappa shape index (κ1) is 28.7. The number of aromatic nitrogens is 3. The number of hydrogen-bond donors (Lipinski definition) is 1. The predicted molar refractivity (Wildman–Crippen MR) is 141 cm³/mol. The van der Waals surface area contributed by atoms with Crippen LogP contribution in [0.4, 0.5) is 14.6 Å². The molecule has 8 nitrogen and oxygen atoms in total. The molecular formula is C27H27ClF2N4O4. The monoisotopic (exact) mass is 544 g/mol. The molecule has 0 atom stereocenters. The van der Waals surface area contributed by atoms with Crippen LogP contribution in [0, 0.1) is 25.5 Å². The van der Waals surface area contributed by atoms with Crippen molar-refractivity contribution in [2.45, 2.75) is 39.9 Å². The van der Waals surface area contributed by atoms with Crippen molar-refractivity contribution in [2.75, 3.05) is 11.9 Å². The third-order valence-corrected chi connectivity index (χ3v) is 5.95. The van der Waals surface area contributed by atoms with E-state index in [0.717, 1.165) is 6.20 Å². The Labute approximate surface area is 223 Å². The van der Waals surface area contributed by atoms with Crippen molar-refractivity contribution in [1.29, 1.82) is 0 Å². The highest BCUT2D eigenvalue weighted by atomic mass is 35.5. The number of allylic oxidation sites excluding steroid dienone is 1. The van der Waals surface area contributed by atoms with Gasteiger partial charge in [0.15, 0.2) is 5.82 Å². The molecule has 0 spiro atoms. The zero-order chi connectivity index (χ0) is 28.2. The van der Waals surface area contributed by atoms with Crippen LogP contribution in [0.5, 0.6) is 5.75 Å². The third kappa shape index (κ3) is 6.51. The molecule has 0 aliphatic carbocycles. The van der Waals surface area contributed by atoms with E-state index in [4.69, 9.17) is 16.3 Å². The van der Waals surface area contributed by atoms with Crippen molar-refractivity contribution in [3.8, 4) is 11.4 Å². The van der Waals surface area contributed by atoms with E-state index in [-0.39, 0.29) is 23.1 Å². The van der Waals surface area contributed by atoms with Crippen molar-refractivity contribution in [3.63, 3.8) is 0 Å². The van der Waals surface area contributed by atoms with Crippen molar-refractivity contribution >= 4 is 23.7 Å². The Morgan fingerprint density at radius 1 is 1.21 bits per heavy atom. The summed E-state index contributed by atoms with van der Waals surface area (Å²) in [4.78, 5) is 33.8. The Kier molecular flexibility index (Phi) is 8.80. The molecule has 0 saturated heterocycles. The Morgan fingerprint density at radius 3 is 2.55 bits per heavy atom. The topological polar surface area (TPSA) is 97.6 Å². The molecule has 200 valence electrons. The first-order chi connectivity index (χ1) is 17.8. The van der Waals surface area contributed by atoms with E-state index in [0.29, 0.717) is 40.7 Å². The fourth-order valence-electron chi connectivity index (χ4n) is 3.54. The maximum atomic E-state index is 13.9. The number of rotatable bonds is 9. The van der Waals surface area contributed by atoms with Gasteiger partial charge in [-0.3, -0.25) is 19.1 Å². The van der Waals surface area contributed by atoms with E-state index >= 15 is 0 Å². The van der Waals surface area contributed by atoms with Crippen LogP contribution in [0.25, 0.3) is 5.69 Å². The molecule has 11 heteroatoms. The number of halogens is 3. The van der Waals surface area contributed by atoms with Crippen LogP contribution >= 0.6 is 11.6 Å². The van der Waals surface area contributed by atoms with Crippen LogP contribution in [0.1, 0.15) is 30.8 Å². The number of carbonyl (C=O) groups excluding carboxylic acids is 1. The summed E-state index contributed by atoms with van der Waals surface area (Å²) in [5.74, 6) is -1.21. The van der Waals surface area contributed by atoms with Crippen LogP contribution < -0.4 is 15.2 Å². The van der Waals surface area contributed by atoms with Gasteiger partial charge < -0.3 is 14.7 Å². The first-order valence-corrected chi connectivity index (χ1v) is 11.8. The first-order valence-electron chi connectivity index (χ1n) is 11.4. The third-order valence-electron chi connectivity index (χ3n) is 5.60. The minimum atomic E-state index is -1.23. The van der Waals surface area contributed by atoms with Crippen molar-refractivity contribution in [2.24, 2.45) is 0 Å². The van der Waals surface area contributed by atoms with E-state index < -0.39 is 22.8 Å². The average Bonchev–Trinajstić information content (AvgIpc) is 2.84. The molecule has 3 heterocycles. The van der Waals surface area contributed by atoms with E-state index in [1.807, 2.05) is 0 Å². The molecule has 0 saturated carbocycles. The maximum absolute atomic E-state index is 13.9. The van der Waals surface area contributed by atoms with Crippen LogP contribution in [-0.2, 0) is 11.4 Å². The zero-order valence-electron chi connectivity index (χ0n) is 21.5. The SMILES string of the molecule is Cc1cnc(N(C)/C=C(\C=C/C=O)C(C)(C)O)cc1-n1c(C)cc(OCc2ncc(F)cc2F)c(Cl)c1=O. The number of ether oxygens (including phenoxy) is 1. The van der Waals surface area contributed by atoms with Crippen LogP contribution in [0.3, 0.4) is 0 Å². The van der Waals surface area contributed by atoms with Gasteiger partial charge in [0.1, 0.15) is 41.0 Å². The standard InChI is InChI=1S/C27H27ClF2N4O4/c1-16-12-32-24(33(5)14-18(7-6-8-35)27(3,4)37)11-22(16)34-17(2)9-23(25(28)26(34)36)38-15-21-20(30)10-19(29)13-31-21/h6-14,37H,15H2,1-5H3/b7-6-,18-14+. The number of aryl methyl sites for hydroxylation is 2. The van der Waals surface area contributed by atoms with Gasteiger partial charge in [-0.25, -0.2) is 13.8 Å². The summed E-state index contributed by atoms with van der Waals surface area (Å²) in [5.41, 5.74) is 0.187. The summed E-state index contributed by atoms with van der Waals surface area (Å²) in [6.45, 7) is 6.29. The molecular weight excluding hydrogens is 518 g/mol. The highest BCUT2D eigenvalue weighted by Crippen LogP contribution is 2.27. The number of aliphatic hydroxyl groups is 1. The summed E-state index contributed by atoms with van der Waals surface area (Å²) in [6.07, 6.45) is 7.48. The number of anilines is 1. The van der Waals surface area contributed by atoms with Crippen molar-refractivity contribution in [3.05, 3.63) is 98.5 Å². The van der Waals surface area contributed by atoms with E-state index in [1.54, 1.807) is 58.1 Å². The fraction of sp³-hybridized carbons (Fsp3) is 0.259. The van der Waals surface area contributed by atoms with Gasteiger partial charge in [-0.05, 0) is 44.9 Å². The molecule has 3 rings (SSSR count). The molecule has 0 amide bonds. The lowest BCUT2D eigenvalue weighted by Crippen LogP contribution is -2.25. The second kappa shape index (κ2) is 11.7. The van der Waals surface area contributed by atoms with Crippen LogP contribution in [0.15, 0.2) is 59.3 Å². The number of aldehydes is 1. The number of pyridine rings is 3. The minimum absolute atomic E-state index is 0.0275. The molecule has 0 bridgehead atoms. The molecule has 0 fully saturated rings. The van der Waals surface area contributed by atoms with Crippen molar-refractivity contribution in [1.82, 2.24) is 14.5 Å². The lowest BCUT2D eigenvalue weighted by Gasteiger charge is -2.23. The fourth-order valence-corrected chi connectivity index (χ4v) is 3.73. The smallest absolute Gasteiger partial charge is 0.277 e. The lowest BCUT2D eigenvalue weighted by atomic mass is 9.98. The van der Waals surface area contributed by atoms with Gasteiger partial charge >= 0.3 is 0 Å². The van der Waals surface area contributed by atoms with Gasteiger partial charge in [0.25, 0.3) is 5.56 Å². The number of hydrogen-bond acceptors (Lipinski definition) is 7. The molecule has 0 aromatic carbocycles. The molecule has 38 heavy (non-hydrogen) atoms. The Hall–Kier alpha value is -3.89. The molecule has 0 aliphatic rings. The summed E-state index contributed by atoms with van der Waals surface area (Å²) < 4.78 is 34.0. The predicted octanol–water partition coefficient (Wildman–Crippen LogP) is 4.60. The second-order valence-electron chi connectivity index (χ2n) is 9.05. The minimum Gasteiger partial charge on any atom is -0.485 e. The molecule has 1 N–H and O–H groups in total. The Bertz CT molecular complexity index is 1480. The maximum Gasteiger partial charge on any atom is 0.277 e. The zero-order valence-corrected chi connectivity index (χ0v) is 22.3. The summed E-state index contributed by atoms with van der Waals surface area (Å²) in [5, 5.41) is 10.2. The normalized spacial score (nSPS) is 12.2. The number of nitrogens with zero attached hydrogens (tertiary/aromatic N) is 4.